The van der Waals surface area contributed by atoms with Crippen LogP contribution in [-0.2, 0) is 11.2 Å². The van der Waals surface area contributed by atoms with Crippen LogP contribution < -0.4 is 10.1 Å². The number of nitrogens with one attached hydrogen (secondary N) is 1. The molecule has 0 unspecified atom stereocenters. The molecule has 0 heterocycles. The molecular formula is C19H22BrNO2. The molecule has 1 N–H and O–H groups in total. The Morgan fingerprint density at radius 1 is 1.17 bits per heavy atom. The van der Waals surface area contributed by atoms with Gasteiger partial charge in [-0.2, -0.15) is 0 Å². The lowest BCUT2D eigenvalue weighted by Gasteiger charge is -2.13. The van der Waals surface area contributed by atoms with Crippen LogP contribution in [0.4, 0.5) is 5.69 Å². The molecule has 122 valence electrons. The summed E-state index contributed by atoms with van der Waals surface area (Å²) in [6.07, 6.45) is 2.05. The smallest absolute Gasteiger partial charge is 0.224 e. The largest absolute Gasteiger partial charge is 0.494 e. The minimum Gasteiger partial charge on any atom is -0.494 e. The number of para-hydroxylation sites is 1. The predicted octanol–water partition coefficient (Wildman–Crippen LogP) is 5.12. The van der Waals surface area contributed by atoms with Crippen molar-refractivity contribution in [2.75, 3.05) is 11.9 Å². The van der Waals surface area contributed by atoms with Crippen LogP contribution >= 0.6 is 15.9 Å². The Labute approximate surface area is 146 Å². The maximum atomic E-state index is 12.1. The zero-order valence-electron chi connectivity index (χ0n) is 13.6. The summed E-state index contributed by atoms with van der Waals surface area (Å²) in [6, 6.07) is 13.8. The monoisotopic (exact) mass is 375 g/mol. The van der Waals surface area contributed by atoms with Gasteiger partial charge in [-0.05, 0) is 55.2 Å². The summed E-state index contributed by atoms with van der Waals surface area (Å²) in [4.78, 5) is 12.1. The van der Waals surface area contributed by atoms with Crippen LogP contribution in [0, 0.1) is 6.92 Å². The second-order valence-electron chi connectivity index (χ2n) is 5.42. The maximum absolute atomic E-state index is 12.1. The van der Waals surface area contributed by atoms with E-state index in [2.05, 4.69) is 34.2 Å². The molecule has 2 aromatic carbocycles. The molecule has 0 saturated heterocycles. The summed E-state index contributed by atoms with van der Waals surface area (Å²) in [6.45, 7) is 4.64. The van der Waals surface area contributed by atoms with Gasteiger partial charge in [-0.3, -0.25) is 4.79 Å². The normalized spacial score (nSPS) is 10.4. The molecule has 0 bridgehead atoms. The highest BCUT2D eigenvalue weighted by molar-refractivity contribution is 9.10. The van der Waals surface area contributed by atoms with Gasteiger partial charge in [0, 0.05) is 16.6 Å². The van der Waals surface area contributed by atoms with Crippen LogP contribution in [-0.4, -0.2) is 12.5 Å². The Hall–Kier alpha value is -1.81. The van der Waals surface area contributed by atoms with Gasteiger partial charge in [-0.15, -0.1) is 0 Å². The lowest BCUT2D eigenvalue weighted by atomic mass is 10.1. The number of hydrogen-bond donors (Lipinski definition) is 1. The van der Waals surface area contributed by atoms with Crippen LogP contribution in [0.2, 0.25) is 0 Å². The SMILES string of the molecule is CCc1cccc(C)c1NC(=O)CCCOc1ccc(Br)cc1. The van der Waals surface area contributed by atoms with Crippen molar-refractivity contribution < 1.29 is 9.53 Å². The molecule has 2 aromatic rings. The number of rotatable bonds is 7. The summed E-state index contributed by atoms with van der Waals surface area (Å²) >= 11 is 3.39. The third-order valence-corrected chi connectivity index (χ3v) is 4.16. The Kier molecular flexibility index (Phi) is 6.66. The summed E-state index contributed by atoms with van der Waals surface area (Å²) in [5.41, 5.74) is 3.22. The van der Waals surface area contributed by atoms with Gasteiger partial charge in [0.2, 0.25) is 5.91 Å². The summed E-state index contributed by atoms with van der Waals surface area (Å²) in [7, 11) is 0. The first kappa shape index (κ1) is 17.5. The first-order valence-electron chi connectivity index (χ1n) is 7.87. The third kappa shape index (κ3) is 5.39. The Balaban J connectivity index is 1.78. The Morgan fingerprint density at radius 3 is 2.61 bits per heavy atom. The van der Waals surface area contributed by atoms with E-state index in [4.69, 9.17) is 4.74 Å². The van der Waals surface area contributed by atoms with Gasteiger partial charge < -0.3 is 10.1 Å². The number of amides is 1. The van der Waals surface area contributed by atoms with E-state index in [1.54, 1.807) is 0 Å². The predicted molar refractivity (Wildman–Crippen MR) is 98.1 cm³/mol. The summed E-state index contributed by atoms with van der Waals surface area (Å²) in [5, 5.41) is 3.04. The molecule has 0 aliphatic heterocycles. The van der Waals surface area contributed by atoms with Crippen LogP contribution in [0.25, 0.3) is 0 Å². The van der Waals surface area contributed by atoms with Crippen molar-refractivity contribution in [3.63, 3.8) is 0 Å². The standard InChI is InChI=1S/C19H22BrNO2/c1-3-15-7-4-6-14(2)19(15)21-18(22)8-5-13-23-17-11-9-16(20)10-12-17/h4,6-7,9-12H,3,5,8,13H2,1-2H3,(H,21,22). The van der Waals surface area contributed by atoms with Crippen LogP contribution in [0.3, 0.4) is 0 Å². The van der Waals surface area contributed by atoms with Crippen molar-refractivity contribution in [2.45, 2.75) is 33.1 Å². The number of aryl methyl sites for hydroxylation is 2. The molecule has 0 aliphatic carbocycles. The van der Waals surface area contributed by atoms with Crippen molar-refractivity contribution in [3.8, 4) is 5.75 Å². The number of hydrogen-bond acceptors (Lipinski definition) is 2. The molecule has 2 rings (SSSR count). The van der Waals surface area contributed by atoms with Gasteiger partial charge in [-0.1, -0.05) is 41.1 Å². The van der Waals surface area contributed by atoms with Crippen molar-refractivity contribution in [1.29, 1.82) is 0 Å². The van der Waals surface area contributed by atoms with Crippen LogP contribution in [0.1, 0.15) is 30.9 Å². The van der Waals surface area contributed by atoms with E-state index in [1.165, 1.54) is 5.56 Å². The van der Waals surface area contributed by atoms with Crippen molar-refractivity contribution >= 4 is 27.5 Å². The minimum atomic E-state index is 0.0356. The molecule has 0 fully saturated rings. The van der Waals surface area contributed by atoms with E-state index in [0.29, 0.717) is 19.4 Å². The van der Waals surface area contributed by atoms with Crippen LogP contribution in [0.5, 0.6) is 5.75 Å². The highest BCUT2D eigenvalue weighted by Gasteiger charge is 2.08. The molecule has 23 heavy (non-hydrogen) atoms. The lowest BCUT2D eigenvalue weighted by Crippen LogP contribution is -2.15. The quantitative estimate of drug-likeness (QED) is 0.682. The number of benzene rings is 2. The minimum absolute atomic E-state index is 0.0356. The fraction of sp³-hybridized carbons (Fsp3) is 0.316. The third-order valence-electron chi connectivity index (χ3n) is 3.63. The van der Waals surface area contributed by atoms with Gasteiger partial charge in [0.05, 0.1) is 6.61 Å². The molecule has 0 atom stereocenters. The average molecular weight is 376 g/mol. The molecule has 3 nitrogen and oxygen atoms in total. The maximum Gasteiger partial charge on any atom is 0.224 e. The van der Waals surface area contributed by atoms with Gasteiger partial charge in [0.15, 0.2) is 0 Å². The Bertz CT molecular complexity index is 653. The fourth-order valence-corrected chi connectivity index (χ4v) is 2.62. The Morgan fingerprint density at radius 2 is 1.91 bits per heavy atom. The van der Waals surface area contributed by atoms with E-state index in [1.807, 2.05) is 43.3 Å². The van der Waals surface area contributed by atoms with Crippen molar-refractivity contribution in [2.24, 2.45) is 0 Å². The van der Waals surface area contributed by atoms with Crippen molar-refractivity contribution in [3.05, 3.63) is 58.1 Å². The second kappa shape index (κ2) is 8.73. The molecule has 1 amide bonds. The highest BCUT2D eigenvalue weighted by atomic mass is 79.9. The van der Waals surface area contributed by atoms with Gasteiger partial charge in [0.25, 0.3) is 0 Å². The number of ether oxygens (including phenoxy) is 1. The van der Waals surface area contributed by atoms with Crippen molar-refractivity contribution in [1.82, 2.24) is 0 Å². The van der Waals surface area contributed by atoms with Gasteiger partial charge in [0.1, 0.15) is 5.75 Å². The number of halogens is 1. The molecule has 4 heteroatoms. The molecule has 0 spiro atoms. The molecule has 0 aliphatic rings. The first-order chi connectivity index (χ1) is 11.1. The lowest BCUT2D eigenvalue weighted by molar-refractivity contribution is -0.116. The molecular weight excluding hydrogens is 354 g/mol. The van der Waals surface area contributed by atoms with E-state index in [9.17, 15) is 4.79 Å². The zero-order chi connectivity index (χ0) is 16.7. The summed E-state index contributed by atoms with van der Waals surface area (Å²) in [5.74, 6) is 0.856. The highest BCUT2D eigenvalue weighted by Crippen LogP contribution is 2.21. The molecule has 0 aromatic heterocycles. The van der Waals surface area contributed by atoms with E-state index in [0.717, 1.165) is 27.9 Å². The van der Waals surface area contributed by atoms with Crippen LogP contribution in [0.15, 0.2) is 46.9 Å². The van der Waals surface area contributed by atoms with E-state index in [-0.39, 0.29) is 5.91 Å². The summed E-state index contributed by atoms with van der Waals surface area (Å²) < 4.78 is 6.65. The second-order valence-corrected chi connectivity index (χ2v) is 6.33. The van der Waals surface area contributed by atoms with Gasteiger partial charge in [-0.25, -0.2) is 0 Å². The fourth-order valence-electron chi connectivity index (χ4n) is 2.36. The molecule has 0 saturated carbocycles. The average Bonchev–Trinajstić information content (AvgIpc) is 2.55. The van der Waals surface area contributed by atoms with E-state index >= 15 is 0 Å². The zero-order valence-corrected chi connectivity index (χ0v) is 15.2. The molecule has 0 radical (unpaired) electrons. The first-order valence-corrected chi connectivity index (χ1v) is 8.66. The number of carbonyl (C=O) groups is 1. The van der Waals surface area contributed by atoms with Gasteiger partial charge >= 0.3 is 0 Å². The topological polar surface area (TPSA) is 38.3 Å². The number of carbonyl (C=O) groups excluding carboxylic acids is 1. The van der Waals surface area contributed by atoms with E-state index < -0.39 is 0 Å². The number of anilines is 1.